The average Bonchev–Trinajstić information content (AvgIpc) is 2.47. The summed E-state index contributed by atoms with van der Waals surface area (Å²) >= 11 is 0. The molecule has 2 rings (SSSR count). The molecule has 1 atom stereocenters. The summed E-state index contributed by atoms with van der Waals surface area (Å²) in [5.41, 5.74) is 6.76. The van der Waals surface area contributed by atoms with Gasteiger partial charge >= 0.3 is 0 Å². The van der Waals surface area contributed by atoms with E-state index in [1.165, 1.54) is 12.8 Å². The number of nitrogens with zero attached hydrogens (tertiary/aromatic N) is 1. The van der Waals surface area contributed by atoms with Crippen LogP contribution in [0.25, 0.3) is 0 Å². The van der Waals surface area contributed by atoms with Gasteiger partial charge in [0.05, 0.1) is 6.10 Å². The van der Waals surface area contributed by atoms with E-state index in [4.69, 9.17) is 5.73 Å². The van der Waals surface area contributed by atoms with Crippen molar-refractivity contribution in [1.82, 2.24) is 4.98 Å². The van der Waals surface area contributed by atoms with Crippen LogP contribution in [0.1, 0.15) is 51.2 Å². The molecule has 3 nitrogen and oxygen atoms in total. The van der Waals surface area contributed by atoms with Gasteiger partial charge in [0.25, 0.3) is 0 Å². The predicted octanol–water partition coefficient (Wildman–Crippen LogP) is 2.91. The summed E-state index contributed by atoms with van der Waals surface area (Å²) in [6, 6.07) is 3.83. The van der Waals surface area contributed by atoms with Crippen molar-refractivity contribution in [2.24, 2.45) is 23.0 Å². The molecule has 0 aliphatic heterocycles. The molecule has 1 aliphatic carbocycles. The standard InChI is InChI=1S/C16H26N2O/c1-12(2)13-5-7-16(11-17,8-6-13)15(19)14-4-3-9-18-10-14/h3-4,9-10,12-13,15,19H,5-8,11,17H2,1-2H3. The molecule has 0 aromatic carbocycles. The number of rotatable bonds is 4. The first-order chi connectivity index (χ1) is 9.09. The normalized spacial score (nSPS) is 29.4. The lowest BCUT2D eigenvalue weighted by molar-refractivity contribution is -0.0150. The highest BCUT2D eigenvalue weighted by Gasteiger charge is 2.41. The number of nitrogens with two attached hydrogens (primary N) is 1. The van der Waals surface area contributed by atoms with Gasteiger partial charge in [-0.2, -0.15) is 0 Å². The van der Waals surface area contributed by atoms with Crippen molar-refractivity contribution in [2.45, 2.75) is 45.6 Å². The van der Waals surface area contributed by atoms with Crippen molar-refractivity contribution in [3.05, 3.63) is 30.1 Å². The second kappa shape index (κ2) is 6.02. The molecule has 0 spiro atoms. The second-order valence-electron chi connectivity index (χ2n) is 6.34. The maximum Gasteiger partial charge on any atom is 0.0873 e. The number of hydrogen-bond donors (Lipinski definition) is 2. The molecule has 1 saturated carbocycles. The predicted molar refractivity (Wildman–Crippen MR) is 77.5 cm³/mol. The van der Waals surface area contributed by atoms with Gasteiger partial charge in [0.15, 0.2) is 0 Å². The molecule has 1 unspecified atom stereocenters. The minimum Gasteiger partial charge on any atom is -0.388 e. The van der Waals surface area contributed by atoms with Crippen molar-refractivity contribution >= 4 is 0 Å². The number of aromatic nitrogens is 1. The first-order valence-corrected chi connectivity index (χ1v) is 7.37. The fraction of sp³-hybridized carbons (Fsp3) is 0.688. The van der Waals surface area contributed by atoms with E-state index in [1.54, 1.807) is 12.4 Å². The van der Waals surface area contributed by atoms with E-state index in [-0.39, 0.29) is 5.41 Å². The zero-order valence-electron chi connectivity index (χ0n) is 12.0. The van der Waals surface area contributed by atoms with Crippen LogP contribution in [0.2, 0.25) is 0 Å². The molecule has 0 radical (unpaired) electrons. The number of pyridine rings is 1. The summed E-state index contributed by atoms with van der Waals surface area (Å²) in [7, 11) is 0. The quantitative estimate of drug-likeness (QED) is 0.877. The number of hydrogen-bond acceptors (Lipinski definition) is 3. The van der Waals surface area contributed by atoms with Crippen LogP contribution in [0.15, 0.2) is 24.5 Å². The number of aliphatic hydroxyl groups excluding tert-OH is 1. The van der Waals surface area contributed by atoms with E-state index in [1.807, 2.05) is 12.1 Å². The fourth-order valence-electron chi connectivity index (χ4n) is 3.36. The molecular weight excluding hydrogens is 236 g/mol. The highest BCUT2D eigenvalue weighted by Crippen LogP contribution is 2.48. The Balaban J connectivity index is 2.12. The minimum absolute atomic E-state index is 0.158. The van der Waals surface area contributed by atoms with Crippen molar-refractivity contribution in [2.75, 3.05) is 6.54 Å². The lowest BCUT2D eigenvalue weighted by atomic mass is 9.64. The van der Waals surface area contributed by atoms with Crippen LogP contribution in [0.3, 0.4) is 0 Å². The zero-order chi connectivity index (χ0) is 13.9. The summed E-state index contributed by atoms with van der Waals surface area (Å²) in [4.78, 5) is 4.11. The van der Waals surface area contributed by atoms with Crippen molar-refractivity contribution in [1.29, 1.82) is 0 Å². The van der Waals surface area contributed by atoms with E-state index >= 15 is 0 Å². The maximum absolute atomic E-state index is 10.7. The van der Waals surface area contributed by atoms with Crippen molar-refractivity contribution < 1.29 is 5.11 Å². The Morgan fingerprint density at radius 1 is 1.42 bits per heavy atom. The molecule has 1 aromatic rings. The highest BCUT2D eigenvalue weighted by molar-refractivity contribution is 5.16. The minimum atomic E-state index is -0.487. The lowest BCUT2D eigenvalue weighted by Crippen LogP contribution is -2.40. The summed E-state index contributed by atoms with van der Waals surface area (Å²) < 4.78 is 0. The molecule has 19 heavy (non-hydrogen) atoms. The molecule has 1 aromatic heterocycles. The van der Waals surface area contributed by atoms with E-state index in [0.717, 1.165) is 30.2 Å². The van der Waals surface area contributed by atoms with Crippen LogP contribution in [-0.2, 0) is 0 Å². The van der Waals surface area contributed by atoms with E-state index in [0.29, 0.717) is 6.54 Å². The Hall–Kier alpha value is -0.930. The Morgan fingerprint density at radius 3 is 2.58 bits per heavy atom. The summed E-state index contributed by atoms with van der Waals surface area (Å²) in [5, 5.41) is 10.7. The molecule has 3 heteroatoms. The molecule has 0 bridgehead atoms. The second-order valence-corrected chi connectivity index (χ2v) is 6.34. The molecule has 1 aliphatic rings. The van der Waals surface area contributed by atoms with Gasteiger partial charge in [-0.1, -0.05) is 19.9 Å². The largest absolute Gasteiger partial charge is 0.388 e. The lowest BCUT2D eigenvalue weighted by Gasteiger charge is -2.43. The Labute approximate surface area is 116 Å². The Morgan fingerprint density at radius 2 is 2.11 bits per heavy atom. The fourth-order valence-corrected chi connectivity index (χ4v) is 3.36. The monoisotopic (exact) mass is 262 g/mol. The van der Waals surface area contributed by atoms with Crippen LogP contribution in [-0.4, -0.2) is 16.6 Å². The van der Waals surface area contributed by atoms with Gasteiger partial charge in [-0.15, -0.1) is 0 Å². The van der Waals surface area contributed by atoms with Gasteiger partial charge in [0, 0.05) is 24.4 Å². The third-order valence-corrected chi connectivity index (χ3v) is 4.96. The summed E-state index contributed by atoms with van der Waals surface area (Å²) in [5.74, 6) is 1.51. The molecule has 0 amide bonds. The van der Waals surface area contributed by atoms with Crippen molar-refractivity contribution in [3.63, 3.8) is 0 Å². The van der Waals surface area contributed by atoms with Crippen LogP contribution in [0, 0.1) is 17.3 Å². The maximum atomic E-state index is 10.7. The summed E-state index contributed by atoms with van der Waals surface area (Å²) in [6.07, 6.45) is 7.39. The van der Waals surface area contributed by atoms with Gasteiger partial charge in [-0.3, -0.25) is 4.98 Å². The third-order valence-electron chi connectivity index (χ3n) is 4.96. The van der Waals surface area contributed by atoms with Gasteiger partial charge < -0.3 is 10.8 Å². The Bertz CT molecular complexity index is 383. The van der Waals surface area contributed by atoms with Crippen LogP contribution >= 0.6 is 0 Å². The van der Waals surface area contributed by atoms with E-state index in [2.05, 4.69) is 18.8 Å². The van der Waals surface area contributed by atoms with Gasteiger partial charge in [-0.05, 0) is 49.1 Å². The third kappa shape index (κ3) is 2.98. The van der Waals surface area contributed by atoms with Crippen molar-refractivity contribution in [3.8, 4) is 0 Å². The molecule has 0 saturated heterocycles. The molecule has 106 valence electrons. The van der Waals surface area contributed by atoms with E-state index in [9.17, 15) is 5.11 Å². The molecular formula is C16H26N2O. The van der Waals surface area contributed by atoms with E-state index < -0.39 is 6.10 Å². The first-order valence-electron chi connectivity index (χ1n) is 7.37. The summed E-state index contributed by atoms with van der Waals surface area (Å²) in [6.45, 7) is 5.13. The average molecular weight is 262 g/mol. The molecule has 1 heterocycles. The van der Waals surface area contributed by atoms with Crippen LogP contribution in [0.4, 0.5) is 0 Å². The van der Waals surface area contributed by atoms with Gasteiger partial charge in [0.1, 0.15) is 0 Å². The SMILES string of the molecule is CC(C)C1CCC(CN)(C(O)c2cccnc2)CC1. The Kier molecular flexibility index (Phi) is 4.58. The van der Waals surface area contributed by atoms with Crippen LogP contribution in [0.5, 0.6) is 0 Å². The smallest absolute Gasteiger partial charge is 0.0873 e. The van der Waals surface area contributed by atoms with Gasteiger partial charge in [-0.25, -0.2) is 0 Å². The number of aliphatic hydroxyl groups is 1. The molecule has 3 N–H and O–H groups in total. The topological polar surface area (TPSA) is 59.1 Å². The van der Waals surface area contributed by atoms with Gasteiger partial charge in [0.2, 0.25) is 0 Å². The highest BCUT2D eigenvalue weighted by atomic mass is 16.3. The zero-order valence-corrected chi connectivity index (χ0v) is 12.0. The van der Waals surface area contributed by atoms with Crippen LogP contribution < -0.4 is 5.73 Å². The molecule has 1 fully saturated rings. The first kappa shape index (κ1) is 14.5.